The molecule has 2 atom stereocenters. The Bertz CT molecular complexity index is 114. The quantitative estimate of drug-likeness (QED) is 0.458. The second-order valence-corrected chi connectivity index (χ2v) is 3.23. The maximum Gasteiger partial charge on any atom is 0.0174 e. The lowest BCUT2D eigenvalue weighted by Crippen LogP contribution is -2.32. The fraction of sp³-hybridized carbons (Fsp3) is 1.00. The minimum Gasteiger partial charge on any atom is -0.313 e. The van der Waals surface area contributed by atoms with Gasteiger partial charge in [0.25, 0.3) is 0 Å². The zero-order chi connectivity index (χ0) is 4.48. The summed E-state index contributed by atoms with van der Waals surface area (Å²) in [6.07, 6.45) is 3.07. The molecule has 0 aromatic rings. The van der Waals surface area contributed by atoms with E-state index >= 15 is 0 Å². The molecule has 7 heavy (non-hydrogen) atoms. The predicted molar refractivity (Wildman–Crippen MR) is 26.9 cm³/mol. The second kappa shape index (κ2) is 0.576. The monoisotopic (exact) mass is 95.1 g/mol. The highest BCUT2D eigenvalue weighted by Crippen LogP contribution is 2.73. The summed E-state index contributed by atoms with van der Waals surface area (Å²) in [6.45, 7) is 1.34. The van der Waals surface area contributed by atoms with Gasteiger partial charge in [-0.15, -0.1) is 0 Å². The van der Waals surface area contributed by atoms with Crippen molar-refractivity contribution in [2.24, 2.45) is 11.3 Å². The van der Waals surface area contributed by atoms with Crippen LogP contribution in [0.15, 0.2) is 0 Å². The molecule has 0 aromatic heterocycles. The zero-order valence-corrected chi connectivity index (χ0v) is 4.28. The van der Waals surface area contributed by atoms with E-state index in [-0.39, 0.29) is 0 Å². The van der Waals surface area contributed by atoms with Gasteiger partial charge in [-0.25, -0.2) is 0 Å². The first-order valence-corrected chi connectivity index (χ1v) is 3.17. The first-order valence-electron chi connectivity index (χ1n) is 3.17. The summed E-state index contributed by atoms with van der Waals surface area (Å²) in [4.78, 5) is 0. The van der Waals surface area contributed by atoms with Crippen molar-refractivity contribution in [1.29, 1.82) is 0 Å². The molecule has 1 heterocycles. The molecule has 2 aliphatic carbocycles. The topological polar surface area (TPSA) is 12.0 Å². The van der Waals surface area contributed by atoms with E-state index in [1.54, 1.807) is 0 Å². The fourth-order valence-corrected chi connectivity index (χ4v) is 2.16. The number of nitrogens with one attached hydrogen (secondary N) is 1. The number of hydrogen-bond donors (Lipinski definition) is 1. The van der Waals surface area contributed by atoms with Gasteiger partial charge in [0.15, 0.2) is 0 Å². The number of fused-ring (bicyclic) bond motifs is 3. The van der Waals surface area contributed by atoms with Crippen molar-refractivity contribution in [1.82, 2.24) is 5.32 Å². The standard InChI is InChI=1S/C6H9N/c1-2-6(1)4-3-7-5(4)6/h4-5,7H,1-3H2. The summed E-state index contributed by atoms with van der Waals surface area (Å²) in [5, 5.41) is 3.44. The summed E-state index contributed by atoms with van der Waals surface area (Å²) in [5.74, 6) is 1.15. The van der Waals surface area contributed by atoms with E-state index in [4.69, 9.17) is 0 Å². The molecular formula is C6H9N. The van der Waals surface area contributed by atoms with Crippen molar-refractivity contribution in [3.8, 4) is 0 Å². The zero-order valence-electron chi connectivity index (χ0n) is 4.28. The summed E-state index contributed by atoms with van der Waals surface area (Å²) in [7, 11) is 0. The lowest BCUT2D eigenvalue weighted by atomic mass is 10.3. The molecule has 0 amide bonds. The van der Waals surface area contributed by atoms with Gasteiger partial charge in [-0.2, -0.15) is 0 Å². The molecule has 0 radical (unpaired) electrons. The van der Waals surface area contributed by atoms with Gasteiger partial charge in [0.05, 0.1) is 0 Å². The van der Waals surface area contributed by atoms with E-state index in [0.29, 0.717) is 0 Å². The maximum absolute atomic E-state index is 3.44. The molecular weight excluding hydrogens is 86.1 g/mol. The predicted octanol–water partition coefficient (Wildman–Crippen LogP) is 0.368. The molecule has 1 saturated heterocycles. The molecule has 0 bridgehead atoms. The van der Waals surface area contributed by atoms with Crippen LogP contribution in [0.2, 0.25) is 0 Å². The van der Waals surface area contributed by atoms with Gasteiger partial charge < -0.3 is 5.32 Å². The van der Waals surface area contributed by atoms with Gasteiger partial charge in [-0.3, -0.25) is 0 Å². The Kier molecular flexibility index (Phi) is 0.253. The molecule has 3 fully saturated rings. The fourth-order valence-electron chi connectivity index (χ4n) is 2.16. The molecule has 1 N–H and O–H groups in total. The van der Waals surface area contributed by atoms with Crippen LogP contribution in [0.1, 0.15) is 12.8 Å². The summed E-state index contributed by atoms with van der Waals surface area (Å²) in [6, 6.07) is 1.01. The van der Waals surface area contributed by atoms with Gasteiger partial charge >= 0.3 is 0 Å². The highest BCUT2D eigenvalue weighted by Gasteiger charge is 2.75. The van der Waals surface area contributed by atoms with Gasteiger partial charge in [0.2, 0.25) is 0 Å². The van der Waals surface area contributed by atoms with Crippen LogP contribution in [-0.4, -0.2) is 12.6 Å². The molecule has 1 aliphatic heterocycles. The second-order valence-electron chi connectivity index (χ2n) is 3.23. The maximum atomic E-state index is 3.44. The summed E-state index contributed by atoms with van der Waals surface area (Å²) in [5.41, 5.74) is 0.917. The molecule has 1 spiro atoms. The average Bonchev–Trinajstić information content (AvgIpc) is 2.20. The molecule has 2 saturated carbocycles. The number of rotatable bonds is 0. The van der Waals surface area contributed by atoms with E-state index in [1.807, 2.05) is 0 Å². The molecule has 1 nitrogen and oxygen atoms in total. The Morgan fingerprint density at radius 1 is 1.43 bits per heavy atom. The van der Waals surface area contributed by atoms with Crippen molar-refractivity contribution in [2.45, 2.75) is 18.9 Å². The molecule has 38 valence electrons. The van der Waals surface area contributed by atoms with E-state index in [0.717, 1.165) is 17.4 Å². The Labute approximate surface area is 43.1 Å². The van der Waals surface area contributed by atoms with Gasteiger partial charge in [0, 0.05) is 12.6 Å². The first-order chi connectivity index (χ1) is 3.43. The number of hydrogen-bond acceptors (Lipinski definition) is 1. The van der Waals surface area contributed by atoms with Gasteiger partial charge in [-0.1, -0.05) is 0 Å². The Balaban J connectivity index is 2.05. The van der Waals surface area contributed by atoms with Crippen LogP contribution in [0.5, 0.6) is 0 Å². The van der Waals surface area contributed by atoms with Crippen LogP contribution in [0.3, 0.4) is 0 Å². The van der Waals surface area contributed by atoms with Crippen molar-refractivity contribution < 1.29 is 0 Å². The van der Waals surface area contributed by atoms with Crippen LogP contribution in [0.25, 0.3) is 0 Å². The Morgan fingerprint density at radius 2 is 2.14 bits per heavy atom. The van der Waals surface area contributed by atoms with Crippen molar-refractivity contribution >= 4 is 0 Å². The van der Waals surface area contributed by atoms with E-state index in [1.165, 1.54) is 19.4 Å². The van der Waals surface area contributed by atoms with Crippen LogP contribution >= 0.6 is 0 Å². The minimum absolute atomic E-state index is 0.917. The SMILES string of the molecule is C1NC2C1C21CC1. The third kappa shape index (κ3) is 0.163. The first kappa shape index (κ1) is 3.08. The lowest BCUT2D eigenvalue weighted by Gasteiger charge is -2.08. The summed E-state index contributed by atoms with van der Waals surface area (Å²) >= 11 is 0. The third-order valence-corrected chi connectivity index (χ3v) is 3.04. The highest BCUT2D eigenvalue weighted by atomic mass is 15.2. The van der Waals surface area contributed by atoms with Crippen LogP contribution < -0.4 is 5.32 Å². The van der Waals surface area contributed by atoms with E-state index in [2.05, 4.69) is 5.32 Å². The van der Waals surface area contributed by atoms with Crippen LogP contribution in [0.4, 0.5) is 0 Å². The molecule has 3 aliphatic rings. The highest BCUT2D eigenvalue weighted by molar-refractivity contribution is 5.29. The van der Waals surface area contributed by atoms with Crippen molar-refractivity contribution in [2.75, 3.05) is 6.54 Å². The largest absolute Gasteiger partial charge is 0.313 e. The van der Waals surface area contributed by atoms with Gasteiger partial charge in [-0.05, 0) is 24.2 Å². The average molecular weight is 95.1 g/mol. The van der Waals surface area contributed by atoms with Crippen molar-refractivity contribution in [3.05, 3.63) is 0 Å². The van der Waals surface area contributed by atoms with E-state index < -0.39 is 0 Å². The molecule has 3 rings (SSSR count). The van der Waals surface area contributed by atoms with Crippen LogP contribution in [-0.2, 0) is 0 Å². The smallest absolute Gasteiger partial charge is 0.0174 e. The Hall–Kier alpha value is -0.0400. The summed E-state index contributed by atoms with van der Waals surface area (Å²) < 4.78 is 0. The molecule has 1 heteroatoms. The van der Waals surface area contributed by atoms with Crippen molar-refractivity contribution in [3.63, 3.8) is 0 Å². The minimum atomic E-state index is 0.917. The van der Waals surface area contributed by atoms with Gasteiger partial charge in [0.1, 0.15) is 0 Å². The lowest BCUT2D eigenvalue weighted by molar-refractivity contribution is 0.506. The van der Waals surface area contributed by atoms with E-state index in [9.17, 15) is 0 Å². The van der Waals surface area contributed by atoms with Crippen LogP contribution in [0, 0.1) is 11.3 Å². The third-order valence-electron chi connectivity index (χ3n) is 3.04. The normalized spacial score (nSPS) is 58.3. The molecule has 0 aromatic carbocycles. The Morgan fingerprint density at radius 3 is 2.29 bits per heavy atom. The molecule has 2 unspecified atom stereocenters.